The van der Waals surface area contributed by atoms with Gasteiger partial charge in [0.15, 0.2) is 0 Å². The lowest BCUT2D eigenvalue weighted by molar-refractivity contribution is -0.117. The molecule has 1 fully saturated rings. The molecule has 160 valence electrons. The number of fused-ring (bicyclic) bond motifs is 1. The van der Waals surface area contributed by atoms with Gasteiger partial charge in [0, 0.05) is 35.5 Å². The molecule has 32 heavy (non-hydrogen) atoms. The molecule has 2 unspecified atom stereocenters. The maximum Gasteiger partial charge on any atom is 0.255 e. The number of benzene rings is 3. The first-order valence-corrected chi connectivity index (χ1v) is 10.7. The van der Waals surface area contributed by atoms with Crippen LogP contribution in [0.1, 0.15) is 23.7 Å². The molecule has 1 aromatic heterocycles. The van der Waals surface area contributed by atoms with Crippen LogP contribution >= 0.6 is 0 Å². The van der Waals surface area contributed by atoms with Gasteiger partial charge in [0.25, 0.3) is 5.91 Å². The minimum atomic E-state index is -0.200. The molecule has 2 atom stereocenters. The zero-order valence-corrected chi connectivity index (χ0v) is 18.0. The fourth-order valence-corrected chi connectivity index (χ4v) is 3.94. The number of nitrogens with one attached hydrogen (secondary N) is 2. The summed E-state index contributed by atoms with van der Waals surface area (Å²) in [7, 11) is 2.00. The smallest absolute Gasteiger partial charge is 0.255 e. The van der Waals surface area contributed by atoms with E-state index in [1.165, 1.54) is 0 Å². The first kappa shape index (κ1) is 20.0. The van der Waals surface area contributed by atoms with Gasteiger partial charge in [-0.3, -0.25) is 9.59 Å². The highest BCUT2D eigenvalue weighted by Gasteiger charge is 2.39. The van der Waals surface area contributed by atoms with Gasteiger partial charge in [-0.05, 0) is 73.0 Å². The maximum absolute atomic E-state index is 12.6. The summed E-state index contributed by atoms with van der Waals surface area (Å²) in [6, 6.07) is 22.6. The third-order valence-electron chi connectivity index (χ3n) is 6.05. The standard InChI is InChI=1S/C26H24N4O2/c1-16-15-21(16)26(32)28-20-13-9-18(10-14-20)25(31)27-19-11-7-17(8-12-19)24-29-22-5-3-4-6-23(22)30(24)2/h3-14,16,21H,15H2,1-2H3,(H,27,31)(H,28,32). The van der Waals surface area contributed by atoms with E-state index in [1.54, 1.807) is 24.3 Å². The topological polar surface area (TPSA) is 76.0 Å². The highest BCUT2D eigenvalue weighted by Crippen LogP contribution is 2.38. The van der Waals surface area contributed by atoms with Crippen LogP contribution in [0.2, 0.25) is 0 Å². The molecule has 1 saturated carbocycles. The summed E-state index contributed by atoms with van der Waals surface area (Å²) in [5.41, 5.74) is 4.95. The molecule has 1 heterocycles. The number of hydrogen-bond acceptors (Lipinski definition) is 3. The van der Waals surface area contributed by atoms with Crippen LogP contribution in [-0.2, 0) is 11.8 Å². The van der Waals surface area contributed by atoms with Crippen molar-refractivity contribution < 1.29 is 9.59 Å². The summed E-state index contributed by atoms with van der Waals surface area (Å²) >= 11 is 0. The second-order valence-corrected chi connectivity index (χ2v) is 8.40. The summed E-state index contributed by atoms with van der Waals surface area (Å²) in [6.45, 7) is 2.07. The zero-order valence-electron chi connectivity index (χ0n) is 18.0. The Bertz CT molecular complexity index is 1310. The summed E-state index contributed by atoms with van der Waals surface area (Å²) in [4.78, 5) is 29.4. The van der Waals surface area contributed by atoms with Gasteiger partial charge in [-0.15, -0.1) is 0 Å². The number of carbonyl (C=O) groups is 2. The Morgan fingerprint density at radius 2 is 1.53 bits per heavy atom. The lowest BCUT2D eigenvalue weighted by Gasteiger charge is -2.08. The van der Waals surface area contributed by atoms with Crippen molar-refractivity contribution in [1.29, 1.82) is 0 Å². The lowest BCUT2D eigenvalue weighted by Crippen LogP contribution is -2.15. The molecule has 1 aliphatic carbocycles. The van der Waals surface area contributed by atoms with Crippen molar-refractivity contribution in [3.8, 4) is 11.4 Å². The average Bonchev–Trinajstić information content (AvgIpc) is 3.46. The molecule has 5 rings (SSSR count). The van der Waals surface area contributed by atoms with Gasteiger partial charge < -0.3 is 15.2 Å². The van der Waals surface area contributed by atoms with Crippen LogP contribution in [0, 0.1) is 11.8 Å². The number of amides is 2. The first-order valence-electron chi connectivity index (χ1n) is 10.7. The highest BCUT2D eigenvalue weighted by atomic mass is 16.2. The Labute approximate surface area is 186 Å². The van der Waals surface area contributed by atoms with Crippen molar-refractivity contribution in [2.24, 2.45) is 18.9 Å². The average molecular weight is 425 g/mol. The minimum Gasteiger partial charge on any atom is -0.327 e. The number of aryl methyl sites for hydroxylation is 1. The third-order valence-corrected chi connectivity index (χ3v) is 6.05. The molecular formula is C26H24N4O2. The Kier molecular flexibility index (Phi) is 4.98. The van der Waals surface area contributed by atoms with E-state index in [0.717, 1.165) is 28.8 Å². The van der Waals surface area contributed by atoms with E-state index in [1.807, 2.05) is 55.6 Å². The molecule has 4 aromatic rings. The quantitative estimate of drug-likeness (QED) is 0.469. The monoisotopic (exact) mass is 424 g/mol. The molecule has 2 amide bonds. The van der Waals surface area contributed by atoms with Gasteiger partial charge in [0.1, 0.15) is 5.82 Å². The molecule has 0 radical (unpaired) electrons. The van der Waals surface area contributed by atoms with Crippen LogP contribution in [0.5, 0.6) is 0 Å². The molecule has 0 saturated heterocycles. The normalized spacial score (nSPS) is 17.2. The van der Waals surface area contributed by atoms with E-state index in [-0.39, 0.29) is 17.7 Å². The van der Waals surface area contributed by atoms with Crippen LogP contribution in [0.4, 0.5) is 11.4 Å². The second kappa shape index (κ2) is 7.96. The van der Waals surface area contributed by atoms with Crippen molar-refractivity contribution in [3.05, 3.63) is 78.4 Å². The highest BCUT2D eigenvalue weighted by molar-refractivity contribution is 6.05. The number of para-hydroxylation sites is 2. The van der Waals surface area contributed by atoms with Crippen LogP contribution in [-0.4, -0.2) is 21.4 Å². The second-order valence-electron chi connectivity index (χ2n) is 8.40. The van der Waals surface area contributed by atoms with Crippen molar-refractivity contribution in [1.82, 2.24) is 9.55 Å². The molecule has 0 bridgehead atoms. The molecule has 1 aliphatic rings. The molecule has 3 aromatic carbocycles. The number of hydrogen-bond donors (Lipinski definition) is 2. The largest absolute Gasteiger partial charge is 0.327 e. The molecule has 6 heteroatoms. The summed E-state index contributed by atoms with van der Waals surface area (Å²) in [6.07, 6.45) is 0.946. The number of nitrogens with zero attached hydrogens (tertiary/aromatic N) is 2. The van der Waals surface area contributed by atoms with E-state index in [9.17, 15) is 9.59 Å². The van der Waals surface area contributed by atoms with E-state index < -0.39 is 0 Å². The SMILES string of the molecule is CC1CC1C(=O)Nc1ccc(C(=O)Nc2ccc(-c3nc4ccccc4n3C)cc2)cc1. The molecule has 2 N–H and O–H groups in total. The predicted octanol–water partition coefficient (Wildman–Crippen LogP) is 5.09. The van der Waals surface area contributed by atoms with E-state index in [4.69, 9.17) is 4.98 Å². The Balaban J connectivity index is 1.25. The van der Waals surface area contributed by atoms with E-state index in [2.05, 4.69) is 22.1 Å². The first-order chi connectivity index (χ1) is 15.5. The Morgan fingerprint density at radius 3 is 2.19 bits per heavy atom. The van der Waals surface area contributed by atoms with Crippen LogP contribution in [0.15, 0.2) is 72.8 Å². The minimum absolute atomic E-state index is 0.0513. The summed E-state index contributed by atoms with van der Waals surface area (Å²) in [5, 5.41) is 5.83. The molecule has 0 aliphatic heterocycles. The molecule has 6 nitrogen and oxygen atoms in total. The van der Waals surface area contributed by atoms with Gasteiger partial charge in [0.05, 0.1) is 11.0 Å². The Morgan fingerprint density at radius 1 is 0.906 bits per heavy atom. The third kappa shape index (κ3) is 3.87. The van der Waals surface area contributed by atoms with Gasteiger partial charge in [-0.25, -0.2) is 4.98 Å². The predicted molar refractivity (Wildman–Crippen MR) is 126 cm³/mol. The van der Waals surface area contributed by atoms with Crippen molar-refractivity contribution in [3.63, 3.8) is 0 Å². The van der Waals surface area contributed by atoms with Crippen LogP contribution in [0.25, 0.3) is 22.4 Å². The van der Waals surface area contributed by atoms with Gasteiger partial charge >= 0.3 is 0 Å². The summed E-state index contributed by atoms with van der Waals surface area (Å²) < 4.78 is 2.06. The number of imidazole rings is 1. The molecular weight excluding hydrogens is 400 g/mol. The molecule has 0 spiro atoms. The van der Waals surface area contributed by atoms with Crippen LogP contribution in [0.3, 0.4) is 0 Å². The fourth-order valence-electron chi connectivity index (χ4n) is 3.94. The van der Waals surface area contributed by atoms with E-state index >= 15 is 0 Å². The lowest BCUT2D eigenvalue weighted by atomic mass is 10.1. The number of rotatable bonds is 5. The van der Waals surface area contributed by atoms with E-state index in [0.29, 0.717) is 22.9 Å². The maximum atomic E-state index is 12.6. The van der Waals surface area contributed by atoms with Gasteiger partial charge in [-0.1, -0.05) is 19.1 Å². The van der Waals surface area contributed by atoms with Crippen molar-refractivity contribution >= 4 is 34.2 Å². The zero-order chi connectivity index (χ0) is 22.2. The summed E-state index contributed by atoms with van der Waals surface area (Å²) in [5.74, 6) is 1.31. The van der Waals surface area contributed by atoms with Gasteiger partial charge in [0.2, 0.25) is 5.91 Å². The fraction of sp³-hybridized carbons (Fsp3) is 0.192. The Hall–Kier alpha value is -3.93. The van der Waals surface area contributed by atoms with Crippen LogP contribution < -0.4 is 10.6 Å². The van der Waals surface area contributed by atoms with Crippen molar-refractivity contribution in [2.75, 3.05) is 10.6 Å². The number of carbonyl (C=O) groups excluding carboxylic acids is 2. The number of anilines is 2. The van der Waals surface area contributed by atoms with Crippen molar-refractivity contribution in [2.45, 2.75) is 13.3 Å². The number of aromatic nitrogens is 2. The van der Waals surface area contributed by atoms with Gasteiger partial charge in [-0.2, -0.15) is 0 Å².